The van der Waals surface area contributed by atoms with Gasteiger partial charge in [-0.1, -0.05) is 20.4 Å². The van der Waals surface area contributed by atoms with Gasteiger partial charge in [-0.2, -0.15) is 0 Å². The topological polar surface area (TPSA) is 32.8 Å². The van der Waals surface area contributed by atoms with Crippen LogP contribution in [0.3, 0.4) is 0 Å². The lowest BCUT2D eigenvalue weighted by atomic mass is 10.2. The molecule has 0 N–H and O–H groups in total. The van der Waals surface area contributed by atoms with E-state index < -0.39 is 0 Å². The van der Waals surface area contributed by atoms with E-state index in [0.29, 0.717) is 5.57 Å². The highest BCUT2D eigenvalue weighted by molar-refractivity contribution is 6.04. The lowest BCUT2D eigenvalue weighted by molar-refractivity contribution is -0.118. The third-order valence-electron chi connectivity index (χ3n) is 2.89. The molecule has 0 bridgehead atoms. The minimum atomic E-state index is -0.0890. The Morgan fingerprint density at radius 2 is 1.74 bits per heavy atom. The van der Waals surface area contributed by atoms with Crippen LogP contribution in [0.15, 0.2) is 36.4 Å². The molecule has 0 radical (unpaired) electrons. The highest BCUT2D eigenvalue weighted by atomic mass is 16.5. The first-order valence-electron chi connectivity index (χ1n) is 6.44. The molecule has 0 unspecified atom stereocenters. The predicted octanol–water partition coefficient (Wildman–Crippen LogP) is 2.86. The lowest BCUT2D eigenvalue weighted by Gasteiger charge is -2.33. The Bertz CT molecular complexity index is 436. The van der Waals surface area contributed by atoms with Gasteiger partial charge in [-0.3, -0.25) is 4.79 Å². The van der Waals surface area contributed by atoms with Gasteiger partial charge in [0.05, 0.1) is 12.8 Å². The van der Waals surface area contributed by atoms with Crippen molar-refractivity contribution in [2.24, 2.45) is 0 Å². The van der Waals surface area contributed by atoms with Gasteiger partial charge in [0.25, 0.3) is 5.91 Å². The van der Waals surface area contributed by atoms with E-state index in [9.17, 15) is 4.79 Å². The molecule has 104 valence electrons. The summed E-state index contributed by atoms with van der Waals surface area (Å²) in [6.07, 6.45) is 0. The number of ether oxygens (including phenoxy) is 1. The molecule has 0 heterocycles. The molecule has 1 aromatic rings. The standard InChI is InChI=1S/C15H22N2O2/c1-6-16(7-2)17(15(18)12(3)4)13-8-10-14(19-5)11-9-13/h8-11H,3,6-7H2,1-2,4-5H3. The third kappa shape index (κ3) is 3.58. The normalized spacial score (nSPS) is 10.4. The minimum Gasteiger partial charge on any atom is -0.497 e. The van der Waals surface area contributed by atoms with Gasteiger partial charge in [-0.15, -0.1) is 0 Å². The number of carbonyl (C=O) groups excluding carboxylic acids is 1. The van der Waals surface area contributed by atoms with Gasteiger partial charge >= 0.3 is 0 Å². The molecule has 1 rings (SSSR count). The molecule has 0 saturated heterocycles. The van der Waals surface area contributed by atoms with Crippen molar-refractivity contribution in [1.82, 2.24) is 5.01 Å². The van der Waals surface area contributed by atoms with Gasteiger partial charge in [-0.05, 0) is 31.2 Å². The van der Waals surface area contributed by atoms with Crippen LogP contribution in [-0.2, 0) is 4.79 Å². The van der Waals surface area contributed by atoms with Crippen LogP contribution in [0.2, 0.25) is 0 Å². The number of nitrogens with zero attached hydrogens (tertiary/aromatic N) is 2. The van der Waals surface area contributed by atoms with Gasteiger partial charge in [0, 0.05) is 18.7 Å². The molecule has 4 nitrogen and oxygen atoms in total. The summed E-state index contributed by atoms with van der Waals surface area (Å²) in [5, 5.41) is 3.64. The highest BCUT2D eigenvalue weighted by Crippen LogP contribution is 2.22. The monoisotopic (exact) mass is 262 g/mol. The summed E-state index contributed by atoms with van der Waals surface area (Å²) in [6, 6.07) is 7.44. The molecule has 0 atom stereocenters. The van der Waals surface area contributed by atoms with Crippen molar-refractivity contribution >= 4 is 11.6 Å². The maximum atomic E-state index is 12.3. The molecule has 0 aliphatic rings. The quantitative estimate of drug-likeness (QED) is 0.584. The second kappa shape index (κ2) is 6.95. The number of hydrogen-bond donors (Lipinski definition) is 0. The smallest absolute Gasteiger partial charge is 0.267 e. The van der Waals surface area contributed by atoms with E-state index in [1.54, 1.807) is 19.0 Å². The second-order valence-corrected chi connectivity index (χ2v) is 4.23. The number of benzene rings is 1. The van der Waals surface area contributed by atoms with Gasteiger partial charge in [0.1, 0.15) is 5.75 Å². The average Bonchev–Trinajstić information content (AvgIpc) is 2.44. The maximum Gasteiger partial charge on any atom is 0.267 e. The number of amides is 1. The Kier molecular flexibility index (Phi) is 5.57. The van der Waals surface area contributed by atoms with Crippen LogP contribution >= 0.6 is 0 Å². The molecule has 19 heavy (non-hydrogen) atoms. The van der Waals surface area contributed by atoms with E-state index in [2.05, 4.69) is 6.58 Å². The number of hydrogen-bond acceptors (Lipinski definition) is 3. The summed E-state index contributed by atoms with van der Waals surface area (Å²) in [4.78, 5) is 12.3. The molecule has 0 aromatic heterocycles. The zero-order valence-corrected chi connectivity index (χ0v) is 12.1. The summed E-state index contributed by atoms with van der Waals surface area (Å²) >= 11 is 0. The molecule has 4 heteroatoms. The van der Waals surface area contributed by atoms with E-state index in [-0.39, 0.29) is 5.91 Å². The van der Waals surface area contributed by atoms with E-state index in [1.807, 2.05) is 43.1 Å². The minimum absolute atomic E-state index is 0.0890. The number of rotatable bonds is 6. The largest absolute Gasteiger partial charge is 0.497 e. The molecule has 0 spiro atoms. The third-order valence-corrected chi connectivity index (χ3v) is 2.89. The zero-order valence-electron chi connectivity index (χ0n) is 12.1. The van der Waals surface area contributed by atoms with Crippen LogP contribution in [0, 0.1) is 0 Å². The van der Waals surface area contributed by atoms with Crippen molar-refractivity contribution in [3.8, 4) is 5.75 Å². The molecular formula is C15H22N2O2. The fraction of sp³-hybridized carbons (Fsp3) is 0.400. The fourth-order valence-electron chi connectivity index (χ4n) is 1.82. The summed E-state index contributed by atoms with van der Waals surface area (Å²) in [7, 11) is 1.62. The maximum absolute atomic E-state index is 12.3. The zero-order chi connectivity index (χ0) is 14.4. The number of carbonyl (C=O) groups is 1. The van der Waals surface area contributed by atoms with Crippen molar-refractivity contribution < 1.29 is 9.53 Å². The van der Waals surface area contributed by atoms with E-state index in [0.717, 1.165) is 24.5 Å². The molecular weight excluding hydrogens is 240 g/mol. The van der Waals surface area contributed by atoms with Crippen LogP contribution in [-0.4, -0.2) is 31.1 Å². The van der Waals surface area contributed by atoms with E-state index in [4.69, 9.17) is 4.74 Å². The fourth-order valence-corrected chi connectivity index (χ4v) is 1.82. The van der Waals surface area contributed by atoms with Crippen molar-refractivity contribution in [2.75, 3.05) is 25.2 Å². The van der Waals surface area contributed by atoms with Gasteiger partial charge in [0.15, 0.2) is 0 Å². The van der Waals surface area contributed by atoms with Crippen LogP contribution < -0.4 is 9.75 Å². The van der Waals surface area contributed by atoms with Crippen LogP contribution in [0.4, 0.5) is 5.69 Å². The van der Waals surface area contributed by atoms with Crippen LogP contribution in [0.25, 0.3) is 0 Å². The molecule has 0 fully saturated rings. The predicted molar refractivity (Wildman–Crippen MR) is 78.2 cm³/mol. The molecule has 0 aliphatic heterocycles. The molecule has 0 aliphatic carbocycles. The Morgan fingerprint density at radius 3 is 2.11 bits per heavy atom. The van der Waals surface area contributed by atoms with Gasteiger partial charge in [0.2, 0.25) is 0 Å². The van der Waals surface area contributed by atoms with Crippen LogP contribution in [0.1, 0.15) is 20.8 Å². The second-order valence-electron chi connectivity index (χ2n) is 4.23. The van der Waals surface area contributed by atoms with Crippen molar-refractivity contribution in [1.29, 1.82) is 0 Å². The van der Waals surface area contributed by atoms with Crippen molar-refractivity contribution in [3.63, 3.8) is 0 Å². The highest BCUT2D eigenvalue weighted by Gasteiger charge is 2.21. The number of anilines is 1. The number of hydrazine groups is 1. The summed E-state index contributed by atoms with van der Waals surface area (Å²) in [5.74, 6) is 0.680. The number of methoxy groups -OCH3 is 1. The summed E-state index contributed by atoms with van der Waals surface area (Å²) in [5.41, 5.74) is 1.33. The summed E-state index contributed by atoms with van der Waals surface area (Å²) < 4.78 is 5.14. The molecule has 1 aromatic carbocycles. The first-order valence-corrected chi connectivity index (χ1v) is 6.44. The van der Waals surface area contributed by atoms with E-state index >= 15 is 0 Å². The summed E-state index contributed by atoms with van der Waals surface area (Å²) in [6.45, 7) is 11.0. The lowest BCUT2D eigenvalue weighted by Crippen LogP contribution is -2.47. The van der Waals surface area contributed by atoms with E-state index in [1.165, 1.54) is 0 Å². The van der Waals surface area contributed by atoms with Gasteiger partial charge < -0.3 is 4.74 Å². The molecule has 0 saturated carbocycles. The Labute approximate surface area is 115 Å². The van der Waals surface area contributed by atoms with Gasteiger partial charge in [-0.25, -0.2) is 10.0 Å². The van der Waals surface area contributed by atoms with Crippen LogP contribution in [0.5, 0.6) is 5.75 Å². The van der Waals surface area contributed by atoms with Crippen molar-refractivity contribution in [2.45, 2.75) is 20.8 Å². The Balaban J connectivity index is 3.14. The van der Waals surface area contributed by atoms with Crippen molar-refractivity contribution in [3.05, 3.63) is 36.4 Å². The molecule has 1 amide bonds. The SMILES string of the molecule is C=C(C)C(=O)N(c1ccc(OC)cc1)N(CC)CC. The Morgan fingerprint density at radius 1 is 1.21 bits per heavy atom. The first kappa shape index (κ1) is 15.2. The first-order chi connectivity index (χ1) is 9.04. The average molecular weight is 262 g/mol. The Hall–Kier alpha value is -1.81.